The molecule has 0 bridgehead atoms. The molecule has 3 nitrogen and oxygen atoms in total. The first-order valence-electron chi connectivity index (χ1n) is 8.20. The van der Waals surface area contributed by atoms with Gasteiger partial charge in [0.05, 0.1) is 6.26 Å². The Morgan fingerprint density at radius 2 is 2.15 bits per heavy atom. The number of hydrogen-bond acceptors (Lipinski definition) is 3. The first-order valence-corrected chi connectivity index (χ1v) is 8.20. The zero-order valence-electron chi connectivity index (χ0n) is 12.4. The fourth-order valence-corrected chi connectivity index (χ4v) is 3.78. The molecule has 1 aromatic heterocycles. The summed E-state index contributed by atoms with van der Waals surface area (Å²) < 4.78 is 5.27. The van der Waals surface area contributed by atoms with E-state index < -0.39 is 6.10 Å². The molecule has 3 rings (SSSR count). The summed E-state index contributed by atoms with van der Waals surface area (Å²) in [5.74, 6) is 2.67. The van der Waals surface area contributed by atoms with Gasteiger partial charge in [-0.1, -0.05) is 12.8 Å². The van der Waals surface area contributed by atoms with E-state index in [4.69, 9.17) is 4.42 Å². The second kappa shape index (κ2) is 6.31. The van der Waals surface area contributed by atoms with Crippen LogP contribution in [-0.2, 0) is 0 Å². The standard InChI is InChI=1S/C17H27NO2/c1-12(10-16(19)17-6-3-9-20-17)18-15-5-2-4-14(11-15)13-7-8-13/h3,6,9,12-16,18-19H,2,4-5,7-8,10-11H2,1H3. The minimum Gasteiger partial charge on any atom is -0.467 e. The lowest BCUT2D eigenvalue weighted by molar-refractivity contribution is 0.123. The molecule has 0 saturated heterocycles. The van der Waals surface area contributed by atoms with E-state index in [1.807, 2.05) is 12.1 Å². The molecule has 0 aliphatic heterocycles. The molecule has 4 unspecified atom stereocenters. The molecule has 0 aromatic carbocycles. The van der Waals surface area contributed by atoms with Crippen molar-refractivity contribution in [2.45, 2.75) is 70.1 Å². The van der Waals surface area contributed by atoms with Gasteiger partial charge in [0.25, 0.3) is 0 Å². The van der Waals surface area contributed by atoms with Crippen molar-refractivity contribution in [1.82, 2.24) is 5.32 Å². The summed E-state index contributed by atoms with van der Waals surface area (Å²) in [6, 6.07) is 4.66. The second-order valence-corrected chi connectivity index (χ2v) is 6.80. The molecule has 0 radical (unpaired) electrons. The SMILES string of the molecule is CC(CC(O)c1ccco1)NC1CCCC(C2CC2)C1. The van der Waals surface area contributed by atoms with E-state index in [1.165, 1.54) is 38.5 Å². The minimum atomic E-state index is -0.490. The Labute approximate surface area is 121 Å². The molecule has 4 atom stereocenters. The van der Waals surface area contributed by atoms with Crippen molar-refractivity contribution in [3.63, 3.8) is 0 Å². The number of aliphatic hydroxyl groups excluding tert-OH is 1. The number of aliphatic hydroxyl groups is 1. The van der Waals surface area contributed by atoms with Gasteiger partial charge in [0.1, 0.15) is 11.9 Å². The van der Waals surface area contributed by atoms with Crippen molar-refractivity contribution in [1.29, 1.82) is 0 Å². The van der Waals surface area contributed by atoms with E-state index in [0.29, 0.717) is 17.8 Å². The monoisotopic (exact) mass is 277 g/mol. The number of rotatable bonds is 6. The van der Waals surface area contributed by atoms with Gasteiger partial charge in [0, 0.05) is 12.1 Å². The fraction of sp³-hybridized carbons (Fsp3) is 0.765. The third kappa shape index (κ3) is 3.64. The molecule has 3 heteroatoms. The molecular formula is C17H27NO2. The molecule has 1 aromatic rings. The largest absolute Gasteiger partial charge is 0.467 e. The van der Waals surface area contributed by atoms with Crippen LogP contribution < -0.4 is 5.32 Å². The van der Waals surface area contributed by atoms with E-state index >= 15 is 0 Å². The lowest BCUT2D eigenvalue weighted by Crippen LogP contribution is -2.40. The van der Waals surface area contributed by atoms with E-state index in [9.17, 15) is 5.11 Å². The zero-order valence-corrected chi connectivity index (χ0v) is 12.4. The van der Waals surface area contributed by atoms with Crippen LogP contribution in [0.5, 0.6) is 0 Å². The minimum absolute atomic E-state index is 0.332. The van der Waals surface area contributed by atoms with Gasteiger partial charge >= 0.3 is 0 Å². The molecule has 2 aliphatic rings. The van der Waals surface area contributed by atoms with Crippen LogP contribution in [0.1, 0.15) is 63.7 Å². The third-order valence-electron chi connectivity index (χ3n) is 4.97. The van der Waals surface area contributed by atoms with Crippen molar-refractivity contribution in [3.05, 3.63) is 24.2 Å². The molecular weight excluding hydrogens is 250 g/mol. The van der Waals surface area contributed by atoms with Gasteiger partial charge < -0.3 is 14.8 Å². The van der Waals surface area contributed by atoms with Crippen LogP contribution >= 0.6 is 0 Å². The number of hydrogen-bond donors (Lipinski definition) is 2. The summed E-state index contributed by atoms with van der Waals surface area (Å²) >= 11 is 0. The summed E-state index contributed by atoms with van der Waals surface area (Å²) in [6.45, 7) is 2.17. The van der Waals surface area contributed by atoms with E-state index in [0.717, 1.165) is 18.3 Å². The average Bonchev–Trinajstić information content (AvgIpc) is 3.13. The maximum absolute atomic E-state index is 10.1. The normalized spacial score (nSPS) is 30.1. The van der Waals surface area contributed by atoms with E-state index in [2.05, 4.69) is 12.2 Å². The summed E-state index contributed by atoms with van der Waals surface area (Å²) in [4.78, 5) is 0. The average molecular weight is 277 g/mol. The van der Waals surface area contributed by atoms with Gasteiger partial charge in [-0.2, -0.15) is 0 Å². The first-order chi connectivity index (χ1) is 9.72. The van der Waals surface area contributed by atoms with Crippen LogP contribution in [0.15, 0.2) is 22.8 Å². The van der Waals surface area contributed by atoms with Crippen molar-refractivity contribution < 1.29 is 9.52 Å². The number of nitrogens with one attached hydrogen (secondary N) is 1. The molecule has 2 saturated carbocycles. The first kappa shape index (κ1) is 14.2. The Morgan fingerprint density at radius 3 is 2.85 bits per heavy atom. The molecule has 0 spiro atoms. The highest BCUT2D eigenvalue weighted by Gasteiger charge is 2.34. The van der Waals surface area contributed by atoms with Gasteiger partial charge in [0.15, 0.2) is 0 Å². The van der Waals surface area contributed by atoms with Gasteiger partial charge in [-0.15, -0.1) is 0 Å². The topological polar surface area (TPSA) is 45.4 Å². The van der Waals surface area contributed by atoms with Gasteiger partial charge in [0.2, 0.25) is 0 Å². The van der Waals surface area contributed by atoms with E-state index in [-0.39, 0.29) is 0 Å². The quantitative estimate of drug-likeness (QED) is 0.834. The summed E-state index contributed by atoms with van der Waals surface area (Å²) in [6.07, 6.45) is 10.2. The lowest BCUT2D eigenvalue weighted by atomic mass is 9.82. The van der Waals surface area contributed by atoms with Crippen molar-refractivity contribution in [2.75, 3.05) is 0 Å². The van der Waals surface area contributed by atoms with Crippen LogP contribution in [0.25, 0.3) is 0 Å². The van der Waals surface area contributed by atoms with Gasteiger partial charge in [-0.05, 0) is 63.0 Å². The molecule has 2 N–H and O–H groups in total. The predicted octanol–water partition coefficient (Wildman–Crippen LogP) is 3.65. The second-order valence-electron chi connectivity index (χ2n) is 6.80. The van der Waals surface area contributed by atoms with Crippen LogP contribution in [0.3, 0.4) is 0 Å². The van der Waals surface area contributed by atoms with Crippen LogP contribution in [0.4, 0.5) is 0 Å². The lowest BCUT2D eigenvalue weighted by Gasteiger charge is -2.32. The zero-order chi connectivity index (χ0) is 13.9. The Bertz CT molecular complexity index is 399. The van der Waals surface area contributed by atoms with Gasteiger partial charge in [-0.3, -0.25) is 0 Å². The van der Waals surface area contributed by atoms with Crippen LogP contribution in [0.2, 0.25) is 0 Å². The Balaban J connectivity index is 1.44. The predicted molar refractivity (Wildman–Crippen MR) is 79.4 cm³/mol. The van der Waals surface area contributed by atoms with Gasteiger partial charge in [-0.25, -0.2) is 0 Å². The highest BCUT2D eigenvalue weighted by atomic mass is 16.4. The summed E-state index contributed by atoms with van der Waals surface area (Å²) in [7, 11) is 0. The molecule has 1 heterocycles. The van der Waals surface area contributed by atoms with Crippen LogP contribution in [0, 0.1) is 11.8 Å². The van der Waals surface area contributed by atoms with E-state index in [1.54, 1.807) is 6.26 Å². The smallest absolute Gasteiger partial charge is 0.132 e. The summed E-state index contributed by atoms with van der Waals surface area (Å²) in [5.41, 5.74) is 0. The highest BCUT2D eigenvalue weighted by Crippen LogP contribution is 2.44. The Morgan fingerprint density at radius 1 is 1.30 bits per heavy atom. The Hall–Kier alpha value is -0.800. The molecule has 2 aliphatic carbocycles. The van der Waals surface area contributed by atoms with Crippen LogP contribution in [-0.4, -0.2) is 17.2 Å². The molecule has 112 valence electrons. The van der Waals surface area contributed by atoms with Crippen molar-refractivity contribution in [3.8, 4) is 0 Å². The van der Waals surface area contributed by atoms with Crippen molar-refractivity contribution >= 4 is 0 Å². The molecule has 2 fully saturated rings. The fourth-order valence-electron chi connectivity index (χ4n) is 3.78. The Kier molecular flexibility index (Phi) is 4.47. The maximum atomic E-state index is 10.1. The summed E-state index contributed by atoms with van der Waals surface area (Å²) in [5, 5.41) is 13.8. The number of furan rings is 1. The van der Waals surface area contributed by atoms with Crippen molar-refractivity contribution in [2.24, 2.45) is 11.8 Å². The maximum Gasteiger partial charge on any atom is 0.132 e. The highest BCUT2D eigenvalue weighted by molar-refractivity contribution is 5.02. The molecule has 20 heavy (non-hydrogen) atoms. The molecule has 0 amide bonds. The third-order valence-corrected chi connectivity index (χ3v) is 4.97.